The van der Waals surface area contributed by atoms with Crippen LogP contribution in [-0.4, -0.2) is 43.1 Å². The first-order valence-corrected chi connectivity index (χ1v) is 8.54. The van der Waals surface area contributed by atoms with Crippen LogP contribution in [0, 0.1) is 12.8 Å². The average Bonchev–Trinajstić information content (AvgIpc) is 3.07. The molecule has 1 fully saturated rings. The Morgan fingerprint density at radius 3 is 2.90 bits per heavy atom. The summed E-state index contributed by atoms with van der Waals surface area (Å²) < 4.78 is 33.6. The Labute approximate surface area is 124 Å². The minimum absolute atomic E-state index is 0.258. The molecule has 1 heterocycles. The number of sulfonamides is 1. The predicted molar refractivity (Wildman–Crippen MR) is 77.0 cm³/mol. The maximum Gasteiger partial charge on any atom is 0.310 e. The number of aryl methyl sites for hydroxylation is 1. The SMILES string of the molecule is COC(=O)C1CCCC1S(=O)(=O)NCCn1cc(C)cn1. The highest BCUT2D eigenvalue weighted by atomic mass is 32.2. The van der Waals surface area contributed by atoms with Crippen LogP contribution in [-0.2, 0) is 26.1 Å². The summed E-state index contributed by atoms with van der Waals surface area (Å²) >= 11 is 0. The monoisotopic (exact) mass is 315 g/mol. The molecule has 0 saturated heterocycles. The molecular weight excluding hydrogens is 294 g/mol. The molecule has 0 bridgehead atoms. The number of hydrogen-bond acceptors (Lipinski definition) is 5. The molecule has 8 heteroatoms. The van der Waals surface area contributed by atoms with Crippen LogP contribution in [0.3, 0.4) is 0 Å². The van der Waals surface area contributed by atoms with Crippen LogP contribution in [0.5, 0.6) is 0 Å². The predicted octanol–water partition coefficient (Wildman–Crippen LogP) is 0.453. The number of ether oxygens (including phenoxy) is 1. The van der Waals surface area contributed by atoms with Crippen LogP contribution in [0.25, 0.3) is 0 Å². The van der Waals surface area contributed by atoms with Crippen molar-refractivity contribution in [2.24, 2.45) is 5.92 Å². The van der Waals surface area contributed by atoms with Crippen molar-refractivity contribution in [2.75, 3.05) is 13.7 Å². The number of carbonyl (C=O) groups is 1. The molecule has 118 valence electrons. The van der Waals surface area contributed by atoms with Gasteiger partial charge in [-0.25, -0.2) is 13.1 Å². The second kappa shape index (κ2) is 6.57. The zero-order valence-corrected chi connectivity index (χ0v) is 13.1. The van der Waals surface area contributed by atoms with Crippen LogP contribution in [0.15, 0.2) is 12.4 Å². The largest absolute Gasteiger partial charge is 0.469 e. The van der Waals surface area contributed by atoms with E-state index in [2.05, 4.69) is 9.82 Å². The van der Waals surface area contributed by atoms with Crippen molar-refractivity contribution in [2.45, 2.75) is 38.0 Å². The molecule has 1 aromatic heterocycles. The zero-order chi connectivity index (χ0) is 15.5. The minimum Gasteiger partial charge on any atom is -0.469 e. The summed E-state index contributed by atoms with van der Waals surface area (Å²) in [6.07, 6.45) is 5.36. The lowest BCUT2D eigenvalue weighted by Gasteiger charge is -2.18. The molecular formula is C13H21N3O4S. The van der Waals surface area contributed by atoms with Crippen molar-refractivity contribution in [3.63, 3.8) is 0 Å². The van der Waals surface area contributed by atoms with Gasteiger partial charge in [-0.3, -0.25) is 9.48 Å². The smallest absolute Gasteiger partial charge is 0.310 e. The molecule has 2 unspecified atom stereocenters. The van der Waals surface area contributed by atoms with Crippen molar-refractivity contribution < 1.29 is 17.9 Å². The van der Waals surface area contributed by atoms with Gasteiger partial charge in [0.05, 0.1) is 31.0 Å². The highest BCUT2D eigenvalue weighted by Crippen LogP contribution is 2.31. The summed E-state index contributed by atoms with van der Waals surface area (Å²) in [4.78, 5) is 11.6. The van der Waals surface area contributed by atoms with Crippen LogP contribution in [0.1, 0.15) is 24.8 Å². The molecule has 1 aliphatic rings. The van der Waals surface area contributed by atoms with Crippen LogP contribution >= 0.6 is 0 Å². The Hall–Kier alpha value is -1.41. The Kier molecular flexibility index (Phi) is 5.00. The molecule has 1 N–H and O–H groups in total. The third kappa shape index (κ3) is 3.82. The van der Waals surface area contributed by atoms with Crippen molar-refractivity contribution in [3.8, 4) is 0 Å². The van der Waals surface area contributed by atoms with E-state index in [0.717, 1.165) is 12.0 Å². The Morgan fingerprint density at radius 1 is 1.52 bits per heavy atom. The second-order valence-electron chi connectivity index (χ2n) is 5.32. The fourth-order valence-electron chi connectivity index (χ4n) is 2.72. The van der Waals surface area contributed by atoms with Gasteiger partial charge in [0, 0.05) is 12.7 Å². The normalized spacial score (nSPS) is 22.4. The highest BCUT2D eigenvalue weighted by molar-refractivity contribution is 7.90. The summed E-state index contributed by atoms with van der Waals surface area (Å²) in [5.41, 5.74) is 1.03. The number of rotatable bonds is 6. The summed E-state index contributed by atoms with van der Waals surface area (Å²) in [7, 11) is -2.23. The number of methoxy groups -OCH3 is 1. The third-order valence-electron chi connectivity index (χ3n) is 3.76. The molecule has 1 aromatic rings. The zero-order valence-electron chi connectivity index (χ0n) is 12.3. The quantitative estimate of drug-likeness (QED) is 0.770. The van der Waals surface area contributed by atoms with Crippen LogP contribution in [0.2, 0.25) is 0 Å². The van der Waals surface area contributed by atoms with E-state index in [1.165, 1.54) is 7.11 Å². The van der Waals surface area contributed by atoms with Crippen LogP contribution in [0.4, 0.5) is 0 Å². The maximum atomic E-state index is 12.3. The Balaban J connectivity index is 1.93. The summed E-state index contributed by atoms with van der Waals surface area (Å²) in [6, 6.07) is 0. The van der Waals surface area contributed by atoms with Crippen LogP contribution < -0.4 is 4.72 Å². The van der Waals surface area contributed by atoms with Crippen molar-refractivity contribution in [3.05, 3.63) is 18.0 Å². The number of nitrogens with one attached hydrogen (secondary N) is 1. The van der Waals surface area contributed by atoms with E-state index in [0.29, 0.717) is 19.4 Å². The first-order chi connectivity index (χ1) is 9.94. The van der Waals surface area contributed by atoms with E-state index in [1.807, 2.05) is 13.1 Å². The van der Waals surface area contributed by atoms with Crippen molar-refractivity contribution >= 4 is 16.0 Å². The number of nitrogens with zero attached hydrogens (tertiary/aromatic N) is 2. The lowest BCUT2D eigenvalue weighted by molar-refractivity contribution is -0.145. The summed E-state index contributed by atoms with van der Waals surface area (Å²) in [5.74, 6) is -0.995. The molecule has 21 heavy (non-hydrogen) atoms. The molecule has 0 radical (unpaired) electrons. The van der Waals surface area contributed by atoms with Gasteiger partial charge in [0.1, 0.15) is 0 Å². The maximum absolute atomic E-state index is 12.3. The lowest BCUT2D eigenvalue weighted by atomic mass is 10.1. The number of aromatic nitrogens is 2. The van der Waals surface area contributed by atoms with Gasteiger partial charge in [0.15, 0.2) is 0 Å². The molecule has 2 rings (SSSR count). The van der Waals surface area contributed by atoms with E-state index in [-0.39, 0.29) is 6.54 Å². The van der Waals surface area contributed by atoms with Gasteiger partial charge in [-0.15, -0.1) is 0 Å². The molecule has 2 atom stereocenters. The first-order valence-electron chi connectivity index (χ1n) is 6.99. The van der Waals surface area contributed by atoms with Gasteiger partial charge in [0.2, 0.25) is 10.0 Å². The van der Waals surface area contributed by atoms with Crippen molar-refractivity contribution in [1.82, 2.24) is 14.5 Å². The molecule has 0 amide bonds. The number of carbonyl (C=O) groups excluding carboxylic acids is 1. The summed E-state index contributed by atoms with van der Waals surface area (Å²) in [5, 5.41) is 3.41. The van der Waals surface area contributed by atoms with E-state index >= 15 is 0 Å². The molecule has 1 saturated carbocycles. The fourth-order valence-corrected chi connectivity index (χ4v) is 4.46. The van der Waals surface area contributed by atoms with Gasteiger partial charge < -0.3 is 4.74 Å². The second-order valence-corrected chi connectivity index (χ2v) is 7.30. The standard InChI is InChI=1S/C13H21N3O4S/c1-10-8-14-16(9-10)7-6-15-21(18,19)12-5-3-4-11(12)13(17)20-2/h8-9,11-12,15H,3-7H2,1-2H3. The molecule has 1 aliphatic carbocycles. The van der Waals surface area contributed by atoms with Gasteiger partial charge in [0.25, 0.3) is 0 Å². The van der Waals surface area contributed by atoms with Gasteiger partial charge >= 0.3 is 5.97 Å². The highest BCUT2D eigenvalue weighted by Gasteiger charge is 2.41. The van der Waals surface area contributed by atoms with Gasteiger partial charge in [-0.2, -0.15) is 5.10 Å². The van der Waals surface area contributed by atoms with E-state index < -0.39 is 27.2 Å². The minimum atomic E-state index is -3.52. The fraction of sp³-hybridized carbons (Fsp3) is 0.692. The van der Waals surface area contributed by atoms with Crippen molar-refractivity contribution in [1.29, 1.82) is 0 Å². The molecule has 0 aliphatic heterocycles. The topological polar surface area (TPSA) is 90.3 Å². The Morgan fingerprint density at radius 2 is 2.29 bits per heavy atom. The Bertz CT molecular complexity index is 596. The average molecular weight is 315 g/mol. The lowest BCUT2D eigenvalue weighted by Crippen LogP contribution is -2.40. The van der Waals surface area contributed by atoms with E-state index in [1.54, 1.807) is 10.9 Å². The van der Waals surface area contributed by atoms with Gasteiger partial charge in [-0.1, -0.05) is 6.42 Å². The molecule has 0 aromatic carbocycles. The number of esters is 1. The summed E-state index contributed by atoms with van der Waals surface area (Å²) in [6.45, 7) is 2.64. The third-order valence-corrected chi connectivity index (χ3v) is 5.73. The molecule has 7 nitrogen and oxygen atoms in total. The molecule has 0 spiro atoms. The number of hydrogen-bond donors (Lipinski definition) is 1. The first kappa shape index (κ1) is 16.0. The van der Waals surface area contributed by atoms with E-state index in [9.17, 15) is 13.2 Å². The van der Waals surface area contributed by atoms with E-state index in [4.69, 9.17) is 4.74 Å². The van der Waals surface area contributed by atoms with Gasteiger partial charge in [-0.05, 0) is 25.3 Å².